The molecule has 0 unspecified atom stereocenters. The number of hydrogen-bond donors (Lipinski definition) is 2. The van der Waals surface area contributed by atoms with Crippen LogP contribution in [0.4, 0.5) is 0 Å². The summed E-state index contributed by atoms with van der Waals surface area (Å²) >= 11 is 0. The van der Waals surface area contributed by atoms with Gasteiger partial charge < -0.3 is 10.2 Å². The van der Waals surface area contributed by atoms with Crippen LogP contribution in [0.15, 0.2) is 17.4 Å². The van der Waals surface area contributed by atoms with E-state index in [4.69, 9.17) is 10.2 Å². The lowest BCUT2D eigenvalue weighted by molar-refractivity contribution is -0.132. The summed E-state index contributed by atoms with van der Waals surface area (Å²) in [7, 11) is 0. The lowest BCUT2D eigenvalue weighted by Crippen LogP contribution is -1.93. The Bertz CT molecular complexity index is 163. The molecule has 9 heavy (non-hydrogen) atoms. The number of aliphatic carboxylic acids is 1. The summed E-state index contributed by atoms with van der Waals surface area (Å²) in [6.45, 7) is 1.24. The van der Waals surface area contributed by atoms with E-state index >= 15 is 0 Å². The summed E-state index contributed by atoms with van der Waals surface area (Å²) < 4.78 is 0. The quantitative estimate of drug-likeness (QED) is 0.411. The fraction of sp³-hybridized carbons (Fsp3) is 0.333. The maximum Gasteiger partial charge on any atom is 0.339 e. The molecule has 3 nitrogen and oxygen atoms in total. The van der Waals surface area contributed by atoms with E-state index in [9.17, 15) is 4.79 Å². The molecule has 3 heteroatoms. The fourth-order valence-electron chi connectivity index (χ4n) is 0.260. The van der Waals surface area contributed by atoms with Gasteiger partial charge in [0.05, 0.1) is 12.2 Å². The second-order valence-corrected chi connectivity index (χ2v) is 1.46. The third-order valence-corrected chi connectivity index (χ3v) is 0.731. The number of hydrogen-bond acceptors (Lipinski definition) is 2. The third-order valence-electron chi connectivity index (χ3n) is 0.731. The van der Waals surface area contributed by atoms with Gasteiger partial charge in [-0.1, -0.05) is 0 Å². The number of carbonyl (C=O) groups is 1. The molecule has 0 aromatic heterocycles. The Balaban J connectivity index is 4.16. The van der Waals surface area contributed by atoms with E-state index in [1.54, 1.807) is 0 Å². The molecular formula is C6H8O3. The van der Waals surface area contributed by atoms with Gasteiger partial charge >= 0.3 is 5.97 Å². The van der Waals surface area contributed by atoms with E-state index in [1.165, 1.54) is 13.0 Å². The standard InChI is InChI=1S/C6H8O3/c1-5(6(8)9)3-2-4-7/h2,7H,4H2,1H3,(H,8,9). The Labute approximate surface area is 52.9 Å². The molecule has 0 aliphatic heterocycles. The lowest BCUT2D eigenvalue weighted by Gasteiger charge is -1.82. The highest BCUT2D eigenvalue weighted by Gasteiger charge is 1.94. The molecule has 0 fully saturated rings. The number of carboxylic acid groups (broad SMARTS) is 1. The van der Waals surface area contributed by atoms with Gasteiger partial charge in [-0.05, 0) is 13.0 Å². The largest absolute Gasteiger partial charge is 0.477 e. The molecule has 50 valence electrons. The maximum absolute atomic E-state index is 10.0. The molecule has 0 saturated heterocycles. The van der Waals surface area contributed by atoms with Gasteiger partial charge in [0, 0.05) is 0 Å². The molecule has 0 rings (SSSR count). The Morgan fingerprint density at radius 1 is 1.78 bits per heavy atom. The molecule has 0 spiro atoms. The fourth-order valence-corrected chi connectivity index (χ4v) is 0.260. The summed E-state index contributed by atoms with van der Waals surface area (Å²) in [5.74, 6) is -1.01. The highest BCUT2D eigenvalue weighted by Crippen LogP contribution is 1.86. The second-order valence-electron chi connectivity index (χ2n) is 1.46. The van der Waals surface area contributed by atoms with Crippen LogP contribution in [0.5, 0.6) is 0 Å². The zero-order valence-electron chi connectivity index (χ0n) is 5.09. The third kappa shape index (κ3) is 3.53. The van der Waals surface area contributed by atoms with Gasteiger partial charge in [-0.2, -0.15) is 0 Å². The molecule has 0 radical (unpaired) electrons. The van der Waals surface area contributed by atoms with Gasteiger partial charge in [0.25, 0.3) is 0 Å². The van der Waals surface area contributed by atoms with Crippen LogP contribution in [-0.4, -0.2) is 22.8 Å². The minimum atomic E-state index is -1.01. The van der Waals surface area contributed by atoms with E-state index in [1.807, 2.05) is 0 Å². The molecule has 0 aliphatic carbocycles. The van der Waals surface area contributed by atoms with Gasteiger partial charge in [-0.3, -0.25) is 0 Å². The van der Waals surface area contributed by atoms with Crippen molar-refractivity contribution in [3.63, 3.8) is 0 Å². The van der Waals surface area contributed by atoms with Crippen LogP contribution in [0.2, 0.25) is 0 Å². The second kappa shape index (κ2) is 3.89. The first kappa shape index (κ1) is 7.95. The predicted molar refractivity (Wildman–Crippen MR) is 32.0 cm³/mol. The van der Waals surface area contributed by atoms with Gasteiger partial charge in [-0.15, -0.1) is 5.73 Å². The first-order chi connectivity index (χ1) is 4.18. The van der Waals surface area contributed by atoms with Gasteiger partial charge in [-0.25, -0.2) is 4.79 Å². The van der Waals surface area contributed by atoms with E-state index < -0.39 is 5.97 Å². The van der Waals surface area contributed by atoms with Crippen molar-refractivity contribution in [2.75, 3.05) is 6.61 Å². The molecule has 0 bridgehead atoms. The Morgan fingerprint density at radius 2 is 2.33 bits per heavy atom. The smallest absolute Gasteiger partial charge is 0.339 e. The Morgan fingerprint density at radius 3 is 2.67 bits per heavy atom. The number of aliphatic hydroxyl groups excluding tert-OH is 1. The minimum Gasteiger partial charge on any atom is -0.477 e. The average Bonchev–Trinajstić information content (AvgIpc) is 1.82. The minimum absolute atomic E-state index is 0.101. The highest BCUT2D eigenvalue weighted by molar-refractivity contribution is 5.85. The van der Waals surface area contributed by atoms with Crippen molar-refractivity contribution in [1.82, 2.24) is 0 Å². The molecule has 0 amide bonds. The van der Waals surface area contributed by atoms with Crippen molar-refractivity contribution in [3.8, 4) is 0 Å². The van der Waals surface area contributed by atoms with E-state index in [0.29, 0.717) is 0 Å². The van der Waals surface area contributed by atoms with Crippen LogP contribution in [0.25, 0.3) is 0 Å². The van der Waals surface area contributed by atoms with Gasteiger partial charge in [0.1, 0.15) is 0 Å². The predicted octanol–water partition coefficient (Wildman–Crippen LogP) is 0.165. The summed E-state index contributed by atoms with van der Waals surface area (Å²) in [5, 5.41) is 16.4. The molecule has 0 aliphatic rings. The van der Waals surface area contributed by atoms with Crippen LogP contribution in [0.3, 0.4) is 0 Å². The van der Waals surface area contributed by atoms with Crippen LogP contribution in [0.1, 0.15) is 6.92 Å². The Kier molecular flexibility index (Phi) is 3.44. The lowest BCUT2D eigenvalue weighted by atomic mass is 10.3. The molecule has 0 aromatic carbocycles. The van der Waals surface area contributed by atoms with E-state index in [-0.39, 0.29) is 12.2 Å². The molecule has 0 atom stereocenters. The summed E-state index contributed by atoms with van der Waals surface area (Å²) in [5.41, 5.74) is 2.47. The molecule has 0 aromatic rings. The van der Waals surface area contributed by atoms with Crippen molar-refractivity contribution in [2.45, 2.75) is 6.92 Å². The molecule has 0 heterocycles. The monoisotopic (exact) mass is 128 g/mol. The highest BCUT2D eigenvalue weighted by atomic mass is 16.4. The van der Waals surface area contributed by atoms with Gasteiger partial charge in [0.2, 0.25) is 0 Å². The molecule has 0 saturated carbocycles. The first-order valence-electron chi connectivity index (χ1n) is 2.44. The SMILES string of the molecule is CC(=C=CCO)C(=O)O. The summed E-state index contributed by atoms with van der Waals surface area (Å²) in [6.07, 6.45) is 1.25. The normalized spacial score (nSPS) is 7.78. The van der Waals surface area contributed by atoms with Crippen molar-refractivity contribution in [1.29, 1.82) is 0 Å². The van der Waals surface area contributed by atoms with Crippen LogP contribution in [0, 0.1) is 0 Å². The van der Waals surface area contributed by atoms with Crippen LogP contribution in [-0.2, 0) is 4.79 Å². The van der Waals surface area contributed by atoms with Crippen molar-refractivity contribution in [2.24, 2.45) is 0 Å². The molecule has 2 N–H and O–H groups in total. The van der Waals surface area contributed by atoms with Crippen LogP contribution < -0.4 is 0 Å². The first-order valence-corrected chi connectivity index (χ1v) is 2.44. The van der Waals surface area contributed by atoms with E-state index in [0.717, 1.165) is 0 Å². The van der Waals surface area contributed by atoms with Crippen molar-refractivity contribution in [3.05, 3.63) is 17.4 Å². The van der Waals surface area contributed by atoms with Crippen molar-refractivity contribution < 1.29 is 15.0 Å². The zero-order valence-corrected chi connectivity index (χ0v) is 5.09. The van der Waals surface area contributed by atoms with Crippen LogP contribution >= 0.6 is 0 Å². The number of carboxylic acids is 1. The van der Waals surface area contributed by atoms with Gasteiger partial charge in [0.15, 0.2) is 0 Å². The number of rotatable bonds is 2. The number of aliphatic hydroxyl groups is 1. The van der Waals surface area contributed by atoms with Crippen molar-refractivity contribution >= 4 is 5.97 Å². The summed E-state index contributed by atoms with van der Waals surface area (Å²) in [6, 6.07) is 0. The maximum atomic E-state index is 10.0. The van der Waals surface area contributed by atoms with E-state index in [2.05, 4.69) is 5.73 Å². The summed E-state index contributed by atoms with van der Waals surface area (Å²) in [4.78, 5) is 10.0. The zero-order chi connectivity index (χ0) is 7.28. The Hall–Kier alpha value is -1.05. The average molecular weight is 128 g/mol. The topological polar surface area (TPSA) is 57.5 Å². The molecular weight excluding hydrogens is 120 g/mol.